The molecule has 5 nitrogen and oxygen atoms in total. The molecule has 0 saturated carbocycles. The van der Waals surface area contributed by atoms with Crippen LogP contribution in [0.1, 0.15) is 23.3 Å². The van der Waals surface area contributed by atoms with Crippen molar-refractivity contribution >= 4 is 16.8 Å². The van der Waals surface area contributed by atoms with Gasteiger partial charge in [-0.25, -0.2) is 0 Å². The molecule has 0 unspecified atom stereocenters. The van der Waals surface area contributed by atoms with Crippen molar-refractivity contribution in [3.05, 3.63) is 41.6 Å². The number of rotatable bonds is 3. The summed E-state index contributed by atoms with van der Waals surface area (Å²) in [5.41, 5.74) is 2.76. The Morgan fingerprint density at radius 2 is 2.10 bits per heavy atom. The Balaban J connectivity index is 1.64. The van der Waals surface area contributed by atoms with Crippen LogP contribution < -0.4 is 10.6 Å². The van der Waals surface area contributed by atoms with Crippen molar-refractivity contribution < 1.29 is 4.79 Å². The first kappa shape index (κ1) is 12.9. The average Bonchev–Trinajstić information content (AvgIpc) is 2.92. The number of nitrogens with zero attached hydrogens (tertiary/aromatic N) is 1. The quantitative estimate of drug-likeness (QED) is 0.742. The van der Waals surface area contributed by atoms with E-state index >= 15 is 0 Å². The van der Waals surface area contributed by atoms with Gasteiger partial charge in [-0.3, -0.25) is 9.89 Å². The molecule has 1 aliphatic heterocycles. The van der Waals surface area contributed by atoms with E-state index in [0.717, 1.165) is 36.8 Å². The average molecular weight is 270 g/mol. The summed E-state index contributed by atoms with van der Waals surface area (Å²) in [6.07, 6.45) is 4.26. The van der Waals surface area contributed by atoms with Gasteiger partial charge in [0.15, 0.2) is 5.69 Å². The van der Waals surface area contributed by atoms with Crippen molar-refractivity contribution in [3.8, 4) is 0 Å². The molecule has 0 spiro atoms. The molecule has 2 heterocycles. The van der Waals surface area contributed by atoms with Crippen molar-refractivity contribution in [2.24, 2.45) is 0 Å². The van der Waals surface area contributed by atoms with Crippen molar-refractivity contribution in [1.82, 2.24) is 20.8 Å². The van der Waals surface area contributed by atoms with Gasteiger partial charge in [-0.15, -0.1) is 0 Å². The fourth-order valence-corrected chi connectivity index (χ4v) is 2.46. The number of carbonyl (C=O) groups is 1. The number of aromatic amines is 1. The predicted octanol–water partition coefficient (Wildman–Crippen LogP) is 1.60. The van der Waals surface area contributed by atoms with Crippen molar-refractivity contribution in [3.63, 3.8) is 0 Å². The number of carbonyl (C=O) groups excluding carboxylic acids is 1. The maximum absolute atomic E-state index is 12.1. The first-order chi connectivity index (χ1) is 9.84. The second kappa shape index (κ2) is 5.88. The molecule has 1 saturated heterocycles. The molecule has 0 atom stereocenters. The number of benzene rings is 1. The van der Waals surface area contributed by atoms with Crippen LogP contribution in [0.15, 0.2) is 35.9 Å². The van der Waals surface area contributed by atoms with Gasteiger partial charge in [-0.2, -0.15) is 5.10 Å². The summed E-state index contributed by atoms with van der Waals surface area (Å²) in [5.74, 6) is -0.131. The second-order valence-electron chi connectivity index (χ2n) is 4.94. The molecule has 0 bridgehead atoms. The summed E-state index contributed by atoms with van der Waals surface area (Å²) in [5, 5.41) is 14.0. The van der Waals surface area contributed by atoms with Crippen LogP contribution >= 0.6 is 0 Å². The second-order valence-corrected chi connectivity index (χ2v) is 4.94. The molecule has 0 radical (unpaired) electrons. The van der Waals surface area contributed by atoms with Gasteiger partial charge in [0.05, 0.1) is 5.52 Å². The molecular formula is C15H18N4O. The Labute approximate surface area is 117 Å². The van der Waals surface area contributed by atoms with E-state index in [4.69, 9.17) is 0 Å². The van der Waals surface area contributed by atoms with Gasteiger partial charge in [0.2, 0.25) is 0 Å². The minimum Gasteiger partial charge on any atom is -0.347 e. The molecule has 1 aromatic heterocycles. The molecule has 1 amide bonds. The summed E-state index contributed by atoms with van der Waals surface area (Å²) < 4.78 is 0. The summed E-state index contributed by atoms with van der Waals surface area (Å²) in [6, 6.07) is 7.64. The summed E-state index contributed by atoms with van der Waals surface area (Å²) in [4.78, 5) is 12.1. The number of piperidine rings is 1. The van der Waals surface area contributed by atoms with Crippen LogP contribution in [0.25, 0.3) is 10.9 Å². The third-order valence-electron chi connectivity index (χ3n) is 3.58. The van der Waals surface area contributed by atoms with Crippen molar-refractivity contribution in [2.75, 3.05) is 19.6 Å². The zero-order valence-electron chi connectivity index (χ0n) is 11.3. The molecule has 3 N–H and O–H groups in total. The lowest BCUT2D eigenvalue weighted by molar-refractivity contribution is 0.0954. The standard InChI is InChI=1S/C15H18N4O/c20-15(17-10-7-11-5-8-16-9-6-11)14-12-3-1-2-4-13(12)18-19-14/h1-4,7,16H,5-6,8-10H2,(H,17,20)(H,18,19). The number of fused-ring (bicyclic) bond motifs is 1. The van der Waals surface area contributed by atoms with E-state index in [9.17, 15) is 4.79 Å². The largest absolute Gasteiger partial charge is 0.347 e. The molecule has 1 fully saturated rings. The monoisotopic (exact) mass is 270 g/mol. The Morgan fingerprint density at radius 1 is 1.30 bits per heavy atom. The molecule has 5 heteroatoms. The number of para-hydroxylation sites is 1. The number of hydrogen-bond donors (Lipinski definition) is 3. The highest BCUT2D eigenvalue weighted by atomic mass is 16.1. The number of aromatic nitrogens is 2. The molecule has 1 aromatic carbocycles. The minimum absolute atomic E-state index is 0.131. The maximum Gasteiger partial charge on any atom is 0.272 e. The highest BCUT2D eigenvalue weighted by Crippen LogP contribution is 2.14. The van der Waals surface area contributed by atoms with Crippen LogP contribution in [0.5, 0.6) is 0 Å². The third-order valence-corrected chi connectivity index (χ3v) is 3.58. The van der Waals surface area contributed by atoms with Gasteiger partial charge >= 0.3 is 0 Å². The highest BCUT2D eigenvalue weighted by Gasteiger charge is 2.12. The van der Waals surface area contributed by atoms with E-state index in [1.165, 1.54) is 5.57 Å². The molecule has 1 aliphatic rings. The molecule has 2 aromatic rings. The van der Waals surface area contributed by atoms with Crippen LogP contribution in [0.2, 0.25) is 0 Å². The zero-order chi connectivity index (χ0) is 13.8. The minimum atomic E-state index is -0.131. The smallest absolute Gasteiger partial charge is 0.272 e. The zero-order valence-corrected chi connectivity index (χ0v) is 11.3. The topological polar surface area (TPSA) is 69.8 Å². The van der Waals surface area contributed by atoms with Crippen LogP contribution in [0.4, 0.5) is 0 Å². The van der Waals surface area contributed by atoms with Gasteiger partial charge < -0.3 is 10.6 Å². The highest BCUT2D eigenvalue weighted by molar-refractivity contribution is 6.04. The normalized spacial score (nSPS) is 15.3. The van der Waals surface area contributed by atoms with E-state index < -0.39 is 0 Å². The van der Waals surface area contributed by atoms with Gasteiger partial charge in [0.25, 0.3) is 5.91 Å². The lowest BCUT2D eigenvalue weighted by Crippen LogP contribution is -2.26. The number of hydrogen-bond acceptors (Lipinski definition) is 3. The van der Waals surface area contributed by atoms with Gasteiger partial charge in [0.1, 0.15) is 0 Å². The Hall–Kier alpha value is -2.14. The van der Waals surface area contributed by atoms with E-state index in [0.29, 0.717) is 12.2 Å². The number of nitrogens with one attached hydrogen (secondary N) is 3. The van der Waals surface area contributed by atoms with E-state index in [1.54, 1.807) is 0 Å². The molecule has 0 aliphatic carbocycles. The predicted molar refractivity (Wildman–Crippen MR) is 78.6 cm³/mol. The van der Waals surface area contributed by atoms with Crippen LogP contribution in [-0.4, -0.2) is 35.7 Å². The number of H-pyrrole nitrogens is 1. The fourth-order valence-electron chi connectivity index (χ4n) is 2.46. The molecule has 104 valence electrons. The first-order valence-corrected chi connectivity index (χ1v) is 6.94. The first-order valence-electron chi connectivity index (χ1n) is 6.94. The number of amides is 1. The summed E-state index contributed by atoms with van der Waals surface area (Å²) in [6.45, 7) is 2.63. The van der Waals surface area contributed by atoms with Crippen LogP contribution in [0, 0.1) is 0 Å². The summed E-state index contributed by atoms with van der Waals surface area (Å²) in [7, 11) is 0. The molecular weight excluding hydrogens is 252 g/mol. The summed E-state index contributed by atoms with van der Waals surface area (Å²) >= 11 is 0. The SMILES string of the molecule is O=C(NCC=C1CCNCC1)c1n[nH]c2ccccc12. The van der Waals surface area contributed by atoms with Crippen LogP contribution in [0.3, 0.4) is 0 Å². The maximum atomic E-state index is 12.1. The molecule has 3 rings (SSSR count). The lowest BCUT2D eigenvalue weighted by Gasteiger charge is -2.15. The van der Waals surface area contributed by atoms with E-state index in [2.05, 4.69) is 26.9 Å². The lowest BCUT2D eigenvalue weighted by atomic mass is 10.1. The van der Waals surface area contributed by atoms with Crippen LogP contribution in [-0.2, 0) is 0 Å². The third kappa shape index (κ3) is 2.72. The fraction of sp³-hybridized carbons (Fsp3) is 0.333. The van der Waals surface area contributed by atoms with E-state index in [-0.39, 0.29) is 5.91 Å². The van der Waals surface area contributed by atoms with Crippen molar-refractivity contribution in [1.29, 1.82) is 0 Å². The van der Waals surface area contributed by atoms with Crippen molar-refractivity contribution in [2.45, 2.75) is 12.8 Å². The van der Waals surface area contributed by atoms with E-state index in [1.807, 2.05) is 24.3 Å². The Bertz CT molecular complexity index is 636. The Morgan fingerprint density at radius 3 is 2.95 bits per heavy atom. The van der Waals surface area contributed by atoms with Gasteiger partial charge in [0, 0.05) is 11.9 Å². The van der Waals surface area contributed by atoms with Gasteiger partial charge in [-0.05, 0) is 32.0 Å². The van der Waals surface area contributed by atoms with Gasteiger partial charge in [-0.1, -0.05) is 29.8 Å². The Kier molecular flexibility index (Phi) is 3.78. The molecule has 20 heavy (non-hydrogen) atoms.